The number of carboxylic acids is 1. The highest BCUT2D eigenvalue weighted by atomic mass is 16.5. The Morgan fingerprint density at radius 3 is 2.81 bits per heavy atom. The Balaban J connectivity index is 2.12. The highest BCUT2D eigenvalue weighted by Crippen LogP contribution is 2.25. The first-order valence-electron chi connectivity index (χ1n) is 6.61. The Bertz CT molecular complexity index is 661. The van der Waals surface area contributed by atoms with Crippen molar-refractivity contribution in [1.82, 2.24) is 5.32 Å². The van der Waals surface area contributed by atoms with Crippen molar-refractivity contribution in [2.75, 3.05) is 7.11 Å². The fourth-order valence-electron chi connectivity index (χ4n) is 2.08. The first-order chi connectivity index (χ1) is 10.0. The third kappa shape index (κ3) is 3.34. The van der Waals surface area contributed by atoms with Crippen LogP contribution >= 0.6 is 0 Å². The van der Waals surface area contributed by atoms with E-state index >= 15 is 0 Å². The molecule has 2 aromatic rings. The van der Waals surface area contributed by atoms with Gasteiger partial charge in [0.25, 0.3) is 0 Å². The summed E-state index contributed by atoms with van der Waals surface area (Å²) in [5.41, 5.74) is 1.34. The van der Waals surface area contributed by atoms with Gasteiger partial charge in [0.15, 0.2) is 0 Å². The summed E-state index contributed by atoms with van der Waals surface area (Å²) in [5, 5.41) is 12.2. The second-order valence-electron chi connectivity index (χ2n) is 4.67. The molecule has 1 heterocycles. The van der Waals surface area contributed by atoms with Crippen LogP contribution in [0.2, 0.25) is 0 Å². The van der Waals surface area contributed by atoms with E-state index in [4.69, 9.17) is 14.3 Å². The van der Waals surface area contributed by atoms with Crippen molar-refractivity contribution in [3.63, 3.8) is 0 Å². The van der Waals surface area contributed by atoms with Crippen LogP contribution in [-0.4, -0.2) is 30.1 Å². The highest BCUT2D eigenvalue weighted by molar-refractivity contribution is 5.90. The van der Waals surface area contributed by atoms with E-state index in [9.17, 15) is 9.59 Å². The van der Waals surface area contributed by atoms with Gasteiger partial charge in [0, 0.05) is 17.0 Å². The Morgan fingerprint density at radius 2 is 2.19 bits per heavy atom. The van der Waals surface area contributed by atoms with Crippen molar-refractivity contribution < 1.29 is 23.8 Å². The van der Waals surface area contributed by atoms with Gasteiger partial charge in [-0.2, -0.15) is 0 Å². The van der Waals surface area contributed by atoms with Crippen molar-refractivity contribution in [3.8, 4) is 5.75 Å². The first-order valence-corrected chi connectivity index (χ1v) is 6.61. The maximum atomic E-state index is 11.9. The van der Waals surface area contributed by atoms with Crippen LogP contribution in [0.5, 0.6) is 5.75 Å². The average Bonchev–Trinajstić information content (AvgIpc) is 2.86. The Labute approximate surface area is 121 Å². The summed E-state index contributed by atoms with van der Waals surface area (Å²) >= 11 is 0. The molecule has 0 saturated heterocycles. The molecular formula is C15H17NO5. The molecule has 21 heavy (non-hydrogen) atoms. The minimum absolute atomic E-state index is 0.0725. The summed E-state index contributed by atoms with van der Waals surface area (Å²) in [6, 6.07) is 4.47. The van der Waals surface area contributed by atoms with Crippen LogP contribution in [0.4, 0.5) is 0 Å². The molecule has 0 bridgehead atoms. The Kier molecular flexibility index (Phi) is 4.47. The number of methoxy groups -OCH3 is 1. The molecule has 1 unspecified atom stereocenters. The number of amides is 1. The number of carbonyl (C=O) groups excluding carboxylic acids is 1. The molecule has 112 valence electrons. The third-order valence-electron chi connectivity index (χ3n) is 3.26. The van der Waals surface area contributed by atoms with Crippen LogP contribution in [0.25, 0.3) is 11.0 Å². The SMILES string of the molecule is CCC(NC(=O)Cc1coc2cc(OC)ccc12)C(=O)O. The highest BCUT2D eigenvalue weighted by Gasteiger charge is 2.18. The van der Waals surface area contributed by atoms with Crippen LogP contribution in [0.15, 0.2) is 28.9 Å². The first kappa shape index (κ1) is 14.9. The number of carbonyl (C=O) groups is 2. The van der Waals surface area contributed by atoms with Gasteiger partial charge in [-0.3, -0.25) is 4.79 Å². The molecule has 0 radical (unpaired) electrons. The fourth-order valence-corrected chi connectivity index (χ4v) is 2.08. The number of nitrogens with one attached hydrogen (secondary N) is 1. The van der Waals surface area contributed by atoms with Gasteiger partial charge >= 0.3 is 5.97 Å². The quantitative estimate of drug-likeness (QED) is 0.849. The number of hydrogen-bond donors (Lipinski definition) is 2. The van der Waals surface area contributed by atoms with Gasteiger partial charge in [-0.15, -0.1) is 0 Å². The normalized spacial score (nSPS) is 12.1. The molecule has 0 fully saturated rings. The zero-order chi connectivity index (χ0) is 15.4. The minimum atomic E-state index is -1.03. The minimum Gasteiger partial charge on any atom is -0.497 e. The van der Waals surface area contributed by atoms with Gasteiger partial charge in [-0.05, 0) is 18.6 Å². The molecule has 2 N–H and O–H groups in total. The smallest absolute Gasteiger partial charge is 0.326 e. The molecule has 2 rings (SSSR count). The topological polar surface area (TPSA) is 88.8 Å². The van der Waals surface area contributed by atoms with E-state index in [2.05, 4.69) is 5.32 Å². The van der Waals surface area contributed by atoms with Crippen molar-refractivity contribution >= 4 is 22.8 Å². The van der Waals surface area contributed by atoms with E-state index in [0.29, 0.717) is 23.3 Å². The third-order valence-corrected chi connectivity index (χ3v) is 3.26. The summed E-state index contributed by atoms with van der Waals surface area (Å²) in [6.07, 6.45) is 1.92. The molecule has 1 atom stereocenters. The lowest BCUT2D eigenvalue weighted by atomic mass is 10.1. The summed E-state index contributed by atoms with van der Waals surface area (Å²) in [4.78, 5) is 22.8. The fraction of sp³-hybridized carbons (Fsp3) is 0.333. The number of ether oxygens (including phenoxy) is 1. The maximum absolute atomic E-state index is 11.9. The van der Waals surface area contributed by atoms with Crippen molar-refractivity contribution in [3.05, 3.63) is 30.0 Å². The predicted octanol–water partition coefficient (Wildman–Crippen LogP) is 1.96. The van der Waals surface area contributed by atoms with Crippen LogP contribution in [0.3, 0.4) is 0 Å². The van der Waals surface area contributed by atoms with E-state index in [1.165, 1.54) is 6.26 Å². The lowest BCUT2D eigenvalue weighted by Gasteiger charge is -2.11. The van der Waals surface area contributed by atoms with Crippen molar-refractivity contribution in [2.45, 2.75) is 25.8 Å². The van der Waals surface area contributed by atoms with E-state index < -0.39 is 12.0 Å². The zero-order valence-electron chi connectivity index (χ0n) is 11.9. The molecule has 0 aliphatic heterocycles. The largest absolute Gasteiger partial charge is 0.497 e. The van der Waals surface area contributed by atoms with Crippen molar-refractivity contribution in [1.29, 1.82) is 0 Å². The molecule has 1 aromatic heterocycles. The predicted molar refractivity (Wildman–Crippen MR) is 76.3 cm³/mol. The second kappa shape index (κ2) is 6.30. The number of carboxylic acid groups (broad SMARTS) is 1. The Morgan fingerprint density at radius 1 is 1.43 bits per heavy atom. The number of hydrogen-bond acceptors (Lipinski definition) is 4. The molecular weight excluding hydrogens is 274 g/mol. The van der Waals surface area contributed by atoms with Crippen LogP contribution in [-0.2, 0) is 16.0 Å². The number of fused-ring (bicyclic) bond motifs is 1. The molecule has 1 amide bonds. The molecule has 1 aromatic carbocycles. The van der Waals surface area contributed by atoms with E-state index in [1.54, 1.807) is 26.2 Å². The van der Waals surface area contributed by atoms with Gasteiger partial charge < -0.3 is 19.6 Å². The van der Waals surface area contributed by atoms with E-state index in [-0.39, 0.29) is 12.3 Å². The van der Waals surface area contributed by atoms with Crippen LogP contribution in [0.1, 0.15) is 18.9 Å². The maximum Gasteiger partial charge on any atom is 0.326 e. The van der Waals surface area contributed by atoms with E-state index in [1.807, 2.05) is 6.07 Å². The van der Waals surface area contributed by atoms with Crippen molar-refractivity contribution in [2.24, 2.45) is 0 Å². The van der Waals surface area contributed by atoms with Gasteiger partial charge in [0.05, 0.1) is 19.8 Å². The zero-order valence-corrected chi connectivity index (χ0v) is 11.9. The lowest BCUT2D eigenvalue weighted by molar-refractivity contribution is -0.141. The summed E-state index contributed by atoms with van der Waals surface area (Å²) < 4.78 is 10.5. The molecule has 6 heteroatoms. The summed E-state index contributed by atoms with van der Waals surface area (Å²) in [7, 11) is 1.56. The molecule has 0 saturated carbocycles. The van der Waals surface area contributed by atoms with Gasteiger partial charge in [-0.25, -0.2) is 4.79 Å². The lowest BCUT2D eigenvalue weighted by Crippen LogP contribution is -2.40. The second-order valence-corrected chi connectivity index (χ2v) is 4.67. The summed E-state index contributed by atoms with van der Waals surface area (Å²) in [5.74, 6) is -0.708. The standard InChI is InChI=1S/C15H17NO5/c1-3-12(15(18)19)16-14(17)6-9-8-21-13-7-10(20-2)4-5-11(9)13/h4-5,7-8,12H,3,6H2,1-2H3,(H,16,17)(H,18,19). The van der Waals surface area contributed by atoms with Gasteiger partial charge in [-0.1, -0.05) is 6.92 Å². The van der Waals surface area contributed by atoms with Gasteiger partial charge in [0.2, 0.25) is 5.91 Å². The van der Waals surface area contributed by atoms with Crippen LogP contribution < -0.4 is 10.1 Å². The van der Waals surface area contributed by atoms with E-state index in [0.717, 1.165) is 5.39 Å². The molecule has 0 aliphatic rings. The number of benzene rings is 1. The molecule has 0 spiro atoms. The average molecular weight is 291 g/mol. The Hall–Kier alpha value is -2.50. The number of rotatable bonds is 6. The molecule has 0 aliphatic carbocycles. The van der Waals surface area contributed by atoms with Crippen LogP contribution in [0, 0.1) is 0 Å². The number of furan rings is 1. The monoisotopic (exact) mass is 291 g/mol. The summed E-state index contributed by atoms with van der Waals surface area (Å²) in [6.45, 7) is 1.71. The molecule has 6 nitrogen and oxygen atoms in total. The number of aliphatic carboxylic acids is 1. The van der Waals surface area contributed by atoms with Gasteiger partial charge in [0.1, 0.15) is 17.4 Å².